The van der Waals surface area contributed by atoms with Crippen LogP contribution in [0.4, 0.5) is 8.78 Å². The summed E-state index contributed by atoms with van der Waals surface area (Å²) in [6, 6.07) is 3.25. The second kappa shape index (κ2) is 7.25. The van der Waals surface area contributed by atoms with Gasteiger partial charge in [0.1, 0.15) is 0 Å². The van der Waals surface area contributed by atoms with Crippen molar-refractivity contribution in [2.45, 2.75) is 11.3 Å². The first-order valence-corrected chi connectivity index (χ1v) is 7.85. The SMILES string of the molecule is O=C(O)c1ccc(Br)c(S(=O)(=O)N(CCO)CC(F)F)c1. The Morgan fingerprint density at radius 3 is 2.48 bits per heavy atom. The van der Waals surface area contributed by atoms with Crippen molar-refractivity contribution in [3.05, 3.63) is 28.2 Å². The largest absolute Gasteiger partial charge is 0.478 e. The second-order valence-corrected chi connectivity index (χ2v) is 6.69. The molecular weight excluding hydrogens is 376 g/mol. The van der Waals surface area contributed by atoms with Crippen LogP contribution in [-0.4, -0.2) is 55.0 Å². The molecular formula is C11H12BrF2NO5S. The molecule has 0 fully saturated rings. The van der Waals surface area contributed by atoms with Gasteiger partial charge in [-0.15, -0.1) is 0 Å². The quantitative estimate of drug-likeness (QED) is 0.737. The van der Waals surface area contributed by atoms with Gasteiger partial charge in [-0.1, -0.05) is 0 Å². The van der Waals surface area contributed by atoms with Crippen molar-refractivity contribution in [1.82, 2.24) is 4.31 Å². The van der Waals surface area contributed by atoms with Crippen LogP contribution >= 0.6 is 15.9 Å². The summed E-state index contributed by atoms with van der Waals surface area (Å²) in [5.41, 5.74) is -0.294. The van der Waals surface area contributed by atoms with Crippen LogP contribution in [0, 0.1) is 0 Å². The number of aliphatic hydroxyl groups is 1. The molecule has 2 N–H and O–H groups in total. The predicted octanol–water partition coefficient (Wildman–Crippen LogP) is 1.40. The van der Waals surface area contributed by atoms with Crippen LogP contribution in [0.5, 0.6) is 0 Å². The molecule has 0 aliphatic carbocycles. The van der Waals surface area contributed by atoms with Gasteiger partial charge in [0.15, 0.2) is 0 Å². The third-order valence-electron chi connectivity index (χ3n) is 2.49. The van der Waals surface area contributed by atoms with Crippen LogP contribution in [0.15, 0.2) is 27.6 Å². The van der Waals surface area contributed by atoms with Gasteiger partial charge in [0.05, 0.1) is 23.6 Å². The number of alkyl halides is 2. The Kier molecular flexibility index (Phi) is 6.20. The summed E-state index contributed by atoms with van der Waals surface area (Å²) < 4.78 is 50.0. The Balaban J connectivity index is 3.33. The maximum absolute atomic E-state index is 12.5. The number of carboxylic acid groups (broad SMARTS) is 1. The van der Waals surface area contributed by atoms with Crippen LogP contribution in [-0.2, 0) is 10.0 Å². The minimum atomic E-state index is -4.36. The molecule has 0 aromatic heterocycles. The standard InChI is InChI=1S/C11H12BrF2NO5S/c12-8-2-1-7(11(17)18)5-9(8)21(19,20)15(3-4-16)6-10(13)14/h1-2,5,10,16H,3-4,6H2,(H,17,18). The fourth-order valence-electron chi connectivity index (χ4n) is 1.55. The molecule has 0 saturated carbocycles. The van der Waals surface area contributed by atoms with E-state index in [1.807, 2.05) is 0 Å². The number of sulfonamides is 1. The minimum absolute atomic E-state index is 0.0460. The zero-order valence-electron chi connectivity index (χ0n) is 10.5. The zero-order valence-corrected chi connectivity index (χ0v) is 12.9. The molecule has 0 bridgehead atoms. The highest BCUT2D eigenvalue weighted by Crippen LogP contribution is 2.26. The molecule has 0 saturated heterocycles. The highest BCUT2D eigenvalue weighted by molar-refractivity contribution is 9.10. The summed E-state index contributed by atoms with van der Waals surface area (Å²) in [4.78, 5) is 10.4. The van der Waals surface area contributed by atoms with E-state index >= 15 is 0 Å². The van der Waals surface area contributed by atoms with E-state index in [1.165, 1.54) is 12.1 Å². The summed E-state index contributed by atoms with van der Waals surface area (Å²) in [7, 11) is -4.36. The number of hydrogen-bond acceptors (Lipinski definition) is 4. The number of aromatic carboxylic acids is 1. The van der Waals surface area contributed by atoms with Gasteiger partial charge >= 0.3 is 5.97 Å². The molecule has 0 unspecified atom stereocenters. The third-order valence-corrected chi connectivity index (χ3v) is 5.35. The lowest BCUT2D eigenvalue weighted by Crippen LogP contribution is -2.37. The lowest BCUT2D eigenvalue weighted by molar-refractivity contribution is 0.0696. The molecule has 0 spiro atoms. The molecule has 10 heteroatoms. The number of benzene rings is 1. The Morgan fingerprint density at radius 2 is 2.00 bits per heavy atom. The molecule has 0 amide bonds. The molecule has 1 aromatic carbocycles. The third kappa shape index (κ3) is 4.43. The molecule has 0 heterocycles. The van der Waals surface area contributed by atoms with E-state index in [4.69, 9.17) is 10.2 Å². The van der Waals surface area contributed by atoms with Crippen LogP contribution in [0.25, 0.3) is 0 Å². The van der Waals surface area contributed by atoms with Gasteiger partial charge in [0, 0.05) is 11.0 Å². The number of carbonyl (C=O) groups is 1. The van der Waals surface area contributed by atoms with Gasteiger partial charge in [-0.05, 0) is 34.1 Å². The van der Waals surface area contributed by atoms with E-state index in [9.17, 15) is 22.0 Å². The highest BCUT2D eigenvalue weighted by Gasteiger charge is 2.29. The highest BCUT2D eigenvalue weighted by atomic mass is 79.9. The van der Waals surface area contributed by atoms with Crippen molar-refractivity contribution >= 4 is 31.9 Å². The summed E-state index contributed by atoms with van der Waals surface area (Å²) in [5, 5.41) is 17.7. The van der Waals surface area contributed by atoms with Gasteiger partial charge in [-0.2, -0.15) is 4.31 Å². The first-order chi connectivity index (χ1) is 9.70. The van der Waals surface area contributed by atoms with Crippen molar-refractivity contribution < 1.29 is 32.2 Å². The van der Waals surface area contributed by atoms with E-state index in [1.54, 1.807) is 0 Å². The number of aliphatic hydroxyl groups excluding tert-OH is 1. The van der Waals surface area contributed by atoms with Gasteiger partial charge in [-0.3, -0.25) is 0 Å². The van der Waals surface area contributed by atoms with Crippen molar-refractivity contribution in [2.75, 3.05) is 19.7 Å². The van der Waals surface area contributed by atoms with Crippen molar-refractivity contribution in [3.8, 4) is 0 Å². The summed E-state index contributed by atoms with van der Waals surface area (Å²) in [6.07, 6.45) is -2.92. The van der Waals surface area contributed by atoms with Crippen LogP contribution in [0.2, 0.25) is 0 Å². The number of carboxylic acids is 1. The number of hydrogen-bond donors (Lipinski definition) is 2. The second-order valence-electron chi connectivity index (χ2n) is 3.93. The molecule has 1 aromatic rings. The number of rotatable bonds is 7. The molecule has 0 atom stereocenters. The normalized spacial score (nSPS) is 12.1. The first kappa shape index (κ1) is 18.0. The average molecular weight is 388 g/mol. The van der Waals surface area contributed by atoms with Crippen LogP contribution < -0.4 is 0 Å². The molecule has 1 rings (SSSR count). The van der Waals surface area contributed by atoms with Gasteiger partial charge < -0.3 is 10.2 Å². The van der Waals surface area contributed by atoms with Crippen molar-refractivity contribution in [3.63, 3.8) is 0 Å². The maximum Gasteiger partial charge on any atom is 0.335 e. The lowest BCUT2D eigenvalue weighted by Gasteiger charge is -2.21. The molecule has 6 nitrogen and oxygen atoms in total. The van der Waals surface area contributed by atoms with E-state index in [2.05, 4.69) is 15.9 Å². The molecule has 0 aliphatic heterocycles. The first-order valence-electron chi connectivity index (χ1n) is 5.62. The monoisotopic (exact) mass is 387 g/mol. The summed E-state index contributed by atoms with van der Waals surface area (Å²) >= 11 is 2.95. The lowest BCUT2D eigenvalue weighted by atomic mass is 10.2. The van der Waals surface area contributed by atoms with Crippen molar-refractivity contribution in [2.24, 2.45) is 0 Å². The Labute approximate surface area is 128 Å². The van der Waals surface area contributed by atoms with Gasteiger partial charge in [0.25, 0.3) is 6.43 Å². The topological polar surface area (TPSA) is 94.9 Å². The Hall–Kier alpha value is -1.10. The molecule has 118 valence electrons. The molecule has 0 radical (unpaired) electrons. The van der Waals surface area contributed by atoms with E-state index < -0.39 is 47.0 Å². The van der Waals surface area contributed by atoms with Gasteiger partial charge in [0.2, 0.25) is 10.0 Å². The average Bonchev–Trinajstić information content (AvgIpc) is 2.37. The molecule has 21 heavy (non-hydrogen) atoms. The van der Waals surface area contributed by atoms with E-state index in [0.717, 1.165) is 6.07 Å². The van der Waals surface area contributed by atoms with Crippen LogP contribution in [0.3, 0.4) is 0 Å². The number of halogens is 3. The fourth-order valence-corrected chi connectivity index (χ4v) is 3.91. The summed E-state index contributed by atoms with van der Waals surface area (Å²) in [5.74, 6) is -1.35. The minimum Gasteiger partial charge on any atom is -0.478 e. The Bertz CT molecular complexity index is 623. The van der Waals surface area contributed by atoms with E-state index in [0.29, 0.717) is 4.31 Å². The zero-order chi connectivity index (χ0) is 16.2. The Morgan fingerprint density at radius 1 is 1.38 bits per heavy atom. The maximum atomic E-state index is 12.5. The molecule has 0 aliphatic rings. The van der Waals surface area contributed by atoms with Gasteiger partial charge in [-0.25, -0.2) is 22.0 Å². The summed E-state index contributed by atoms with van der Waals surface area (Å²) in [6.45, 7) is -2.24. The number of nitrogens with zero attached hydrogens (tertiary/aromatic N) is 1. The fraction of sp³-hybridized carbons (Fsp3) is 0.364. The van der Waals surface area contributed by atoms with Crippen LogP contribution in [0.1, 0.15) is 10.4 Å². The smallest absolute Gasteiger partial charge is 0.335 e. The predicted molar refractivity (Wildman–Crippen MR) is 72.9 cm³/mol. The van der Waals surface area contributed by atoms with Crippen molar-refractivity contribution in [1.29, 1.82) is 0 Å². The van der Waals surface area contributed by atoms with E-state index in [-0.39, 0.29) is 10.0 Å².